The molecule has 0 aliphatic carbocycles. The Kier molecular flexibility index (Phi) is 2.95. The van der Waals surface area contributed by atoms with Gasteiger partial charge < -0.3 is 0 Å². The third kappa shape index (κ3) is 3.54. The molecule has 0 aromatic carbocycles. The van der Waals surface area contributed by atoms with Crippen LogP contribution in [0.15, 0.2) is 0 Å². The third-order valence-corrected chi connectivity index (χ3v) is 0.480. The first-order chi connectivity index (χ1) is 4.34. The summed E-state index contributed by atoms with van der Waals surface area (Å²) in [6, 6.07) is 0. The largest absolute Gasteiger partial charge is 0.445 e. The molecule has 0 saturated heterocycles. The molecule has 0 spiro atoms. The fraction of sp³-hybridized carbons (Fsp3) is 1.00. The minimum absolute atomic E-state index is 2.49. The first-order valence-corrected chi connectivity index (χ1v) is 1.98. The summed E-state index contributed by atoms with van der Waals surface area (Å²) in [5.74, 6) is 0. The monoisotopic (exact) mass is 168 g/mol. The minimum atomic E-state index is -5.38. The predicted molar refractivity (Wildman–Crippen MR) is 18.0 cm³/mol. The highest BCUT2D eigenvalue weighted by atomic mass is 19.4. The zero-order valence-corrected chi connectivity index (χ0v) is 4.33. The number of rotatable bonds is 2. The molecule has 0 aromatic rings. The molecule has 1 atom stereocenters. The average Bonchev–Trinajstić information content (AvgIpc) is 1.60. The van der Waals surface area contributed by atoms with E-state index in [1.54, 1.807) is 0 Å². The summed E-state index contributed by atoms with van der Waals surface area (Å²) in [5.41, 5.74) is 0. The zero-order valence-electron chi connectivity index (χ0n) is 4.33. The molecule has 0 aromatic heterocycles. The normalized spacial score (nSPS) is 15.9. The van der Waals surface area contributed by atoms with E-state index < -0.39 is 19.1 Å². The van der Waals surface area contributed by atoms with Crippen molar-refractivity contribution >= 4 is 0 Å². The van der Waals surface area contributed by atoms with Crippen LogP contribution in [-0.4, -0.2) is 19.1 Å². The lowest BCUT2D eigenvalue weighted by molar-refractivity contribution is -0.312. The van der Waals surface area contributed by atoms with Crippen LogP contribution in [0, 0.1) is 0 Å². The van der Waals surface area contributed by atoms with Crippen molar-refractivity contribution in [2.75, 3.05) is 0 Å². The number of halogens is 6. The Labute approximate surface area is 51.6 Å². The van der Waals surface area contributed by atoms with Crippen LogP contribution in [0.4, 0.5) is 26.3 Å². The van der Waals surface area contributed by atoms with Crippen LogP contribution in [0.2, 0.25) is 0 Å². The maximum absolute atomic E-state index is 11.3. The Morgan fingerprint density at radius 2 is 1.40 bits per heavy atom. The van der Waals surface area contributed by atoms with Gasteiger partial charge in [-0.25, -0.2) is 4.39 Å². The molecule has 0 amide bonds. The van der Waals surface area contributed by atoms with Crippen LogP contribution in [0.5, 0.6) is 0 Å². The lowest BCUT2D eigenvalue weighted by Crippen LogP contribution is -2.28. The maximum atomic E-state index is 11.3. The summed E-state index contributed by atoms with van der Waals surface area (Å²) in [4.78, 5) is 0. The van der Waals surface area contributed by atoms with Gasteiger partial charge in [0.25, 0.3) is 6.36 Å². The fourth-order valence-electron chi connectivity index (χ4n) is 0.167. The Hall–Kier alpha value is -0.460. The van der Waals surface area contributed by atoms with Gasteiger partial charge in [0, 0.05) is 0 Å². The van der Waals surface area contributed by atoms with Crippen LogP contribution >= 0.6 is 0 Å². The van der Waals surface area contributed by atoms with Gasteiger partial charge in [-0.15, -0.1) is 0 Å². The summed E-state index contributed by atoms with van der Waals surface area (Å²) in [5, 5.41) is 0. The van der Waals surface area contributed by atoms with Crippen molar-refractivity contribution in [3.05, 3.63) is 0 Å². The van der Waals surface area contributed by atoms with Crippen molar-refractivity contribution < 1.29 is 31.1 Å². The van der Waals surface area contributed by atoms with Crippen LogP contribution in [0.3, 0.4) is 0 Å². The molecule has 0 unspecified atom stereocenters. The number of alkyl halides is 6. The molecule has 1 nitrogen and oxygen atoms in total. The zero-order chi connectivity index (χ0) is 8.36. The highest BCUT2D eigenvalue weighted by molar-refractivity contribution is 4.52. The Morgan fingerprint density at radius 1 is 1.00 bits per heavy atom. The Bertz CT molecular complexity index is 97.7. The summed E-state index contributed by atoms with van der Waals surface area (Å²) in [6.45, 7) is -3.75. The maximum Gasteiger partial charge on any atom is 0.445 e. The van der Waals surface area contributed by atoms with Crippen molar-refractivity contribution in [2.45, 2.75) is 19.1 Å². The second-order valence-corrected chi connectivity index (χ2v) is 1.25. The second-order valence-electron chi connectivity index (χ2n) is 1.25. The molecule has 7 heteroatoms. The summed E-state index contributed by atoms with van der Waals surface area (Å²) in [6.07, 6.45) is -9.29. The number of hydrogen-bond donors (Lipinski definition) is 0. The van der Waals surface area contributed by atoms with Gasteiger partial charge in [-0.2, -0.15) is 22.0 Å². The van der Waals surface area contributed by atoms with Crippen LogP contribution in [0.1, 0.15) is 0 Å². The van der Waals surface area contributed by atoms with E-state index in [1.165, 1.54) is 0 Å². The van der Waals surface area contributed by atoms with E-state index in [4.69, 9.17) is 0 Å². The van der Waals surface area contributed by atoms with Gasteiger partial charge in [0.1, 0.15) is 0 Å². The van der Waals surface area contributed by atoms with Gasteiger partial charge in [-0.1, -0.05) is 0 Å². The molecule has 62 valence electrons. The minimum Gasteiger partial charge on any atom is -0.279 e. The molecule has 0 bridgehead atoms. The third-order valence-electron chi connectivity index (χ3n) is 0.480. The lowest BCUT2D eigenvalue weighted by Gasteiger charge is -2.11. The van der Waals surface area contributed by atoms with Gasteiger partial charge in [-0.3, -0.25) is 4.74 Å². The molecule has 0 saturated carbocycles. The fourth-order valence-corrected chi connectivity index (χ4v) is 0.167. The van der Waals surface area contributed by atoms with Crippen molar-refractivity contribution in [3.8, 4) is 0 Å². The van der Waals surface area contributed by atoms with E-state index in [1.807, 2.05) is 0 Å². The van der Waals surface area contributed by atoms with E-state index in [-0.39, 0.29) is 0 Å². The molecule has 0 fully saturated rings. The molecular formula is C3H2F6O. The Morgan fingerprint density at radius 3 is 1.50 bits per heavy atom. The van der Waals surface area contributed by atoms with Gasteiger partial charge in [0.15, 0.2) is 0 Å². The highest BCUT2D eigenvalue weighted by Crippen LogP contribution is 2.24. The SMILES string of the molecule is FC(F)O[C@@H](F)C(F)(F)F. The van der Waals surface area contributed by atoms with Crippen LogP contribution in [0.25, 0.3) is 0 Å². The van der Waals surface area contributed by atoms with E-state index in [2.05, 4.69) is 4.74 Å². The van der Waals surface area contributed by atoms with E-state index in [0.29, 0.717) is 0 Å². The summed E-state index contributed by atoms with van der Waals surface area (Å²) < 4.78 is 68.5. The van der Waals surface area contributed by atoms with E-state index in [0.717, 1.165) is 0 Å². The van der Waals surface area contributed by atoms with Crippen LogP contribution < -0.4 is 0 Å². The summed E-state index contributed by atoms with van der Waals surface area (Å²) >= 11 is 0. The lowest BCUT2D eigenvalue weighted by atomic mass is 10.7. The molecule has 0 rings (SSSR count). The predicted octanol–water partition coefficient (Wildman–Crippen LogP) is 2.08. The number of hydrogen-bond acceptors (Lipinski definition) is 1. The van der Waals surface area contributed by atoms with Crippen molar-refractivity contribution in [2.24, 2.45) is 0 Å². The van der Waals surface area contributed by atoms with Crippen molar-refractivity contribution in [1.82, 2.24) is 0 Å². The average molecular weight is 168 g/mol. The standard InChI is InChI=1S/C3H2F6O/c4-1(3(7,8)9)10-2(5)6/h1-2H/t1-/m1/s1. The van der Waals surface area contributed by atoms with Crippen LogP contribution in [-0.2, 0) is 4.74 Å². The molecule has 0 heterocycles. The van der Waals surface area contributed by atoms with E-state index >= 15 is 0 Å². The van der Waals surface area contributed by atoms with E-state index in [9.17, 15) is 26.3 Å². The topological polar surface area (TPSA) is 9.23 Å². The first kappa shape index (κ1) is 9.54. The second kappa shape index (κ2) is 3.09. The Balaban J connectivity index is 3.73. The smallest absolute Gasteiger partial charge is 0.279 e. The molecule has 0 aliphatic rings. The van der Waals surface area contributed by atoms with Crippen molar-refractivity contribution in [1.29, 1.82) is 0 Å². The molecule has 0 aliphatic heterocycles. The number of ether oxygens (including phenoxy) is 1. The van der Waals surface area contributed by atoms with Gasteiger partial charge in [0.2, 0.25) is 0 Å². The molecule has 0 N–H and O–H groups in total. The molecular weight excluding hydrogens is 166 g/mol. The van der Waals surface area contributed by atoms with Crippen molar-refractivity contribution in [3.63, 3.8) is 0 Å². The highest BCUT2D eigenvalue weighted by Gasteiger charge is 2.43. The molecule has 0 radical (unpaired) electrons. The quantitative estimate of drug-likeness (QED) is 0.573. The van der Waals surface area contributed by atoms with Gasteiger partial charge >= 0.3 is 12.8 Å². The summed E-state index contributed by atoms with van der Waals surface area (Å²) in [7, 11) is 0. The van der Waals surface area contributed by atoms with Gasteiger partial charge in [0.05, 0.1) is 0 Å². The van der Waals surface area contributed by atoms with Gasteiger partial charge in [-0.05, 0) is 0 Å². The first-order valence-electron chi connectivity index (χ1n) is 1.98. The molecule has 10 heavy (non-hydrogen) atoms.